The van der Waals surface area contributed by atoms with E-state index in [1.54, 1.807) is 0 Å². The van der Waals surface area contributed by atoms with Crippen molar-refractivity contribution in [1.82, 2.24) is 0 Å². The van der Waals surface area contributed by atoms with Crippen molar-refractivity contribution in [3.05, 3.63) is 0 Å². The van der Waals surface area contributed by atoms with Gasteiger partial charge >= 0.3 is 0 Å². The van der Waals surface area contributed by atoms with Crippen LogP contribution in [0.5, 0.6) is 0 Å². The Bertz CT molecular complexity index is 4.69. The zero-order chi connectivity index (χ0) is 8.71. The van der Waals surface area contributed by atoms with E-state index in [9.17, 15) is 0 Å². The van der Waals surface area contributed by atoms with Crippen LogP contribution in [0.3, 0.4) is 0 Å². The van der Waals surface area contributed by atoms with Crippen molar-refractivity contribution < 1.29 is 0 Å². The summed E-state index contributed by atoms with van der Waals surface area (Å²) in [7, 11) is 1.50. The lowest BCUT2D eigenvalue weighted by Crippen LogP contribution is -1.69. The summed E-state index contributed by atoms with van der Waals surface area (Å²) in [6.45, 7) is 12.2. The Morgan fingerprint density at radius 1 is 0.800 bits per heavy atom. The molecule has 1 nitrogen and oxygen atoms in total. The summed E-state index contributed by atoms with van der Waals surface area (Å²) in [6, 6.07) is 0. The molecule has 0 heterocycles. The van der Waals surface area contributed by atoms with Gasteiger partial charge in [0.15, 0.2) is 0 Å². The zero-order valence-corrected chi connectivity index (χ0v) is 8.28. The van der Waals surface area contributed by atoms with E-state index < -0.39 is 0 Å². The van der Waals surface area contributed by atoms with Crippen molar-refractivity contribution >= 4 is 0 Å². The zero-order valence-electron chi connectivity index (χ0n) is 8.28. The van der Waals surface area contributed by atoms with Crippen LogP contribution in [-0.4, -0.2) is 7.05 Å². The number of hydrogen-bond acceptors (Lipinski definition) is 1. The second kappa shape index (κ2) is 616. The van der Waals surface area contributed by atoms with Crippen molar-refractivity contribution in [3.63, 3.8) is 0 Å². The van der Waals surface area contributed by atoms with Crippen LogP contribution >= 0.6 is 0 Å². The largest absolute Gasteiger partial charge is 0.333 e. The Labute approximate surface area is 69.0 Å². The maximum absolute atomic E-state index is 4.50. The molecule has 10 heavy (non-hydrogen) atoms. The molecule has 0 fully saturated rings. The van der Waals surface area contributed by atoms with Crippen molar-refractivity contribution in [2.24, 2.45) is 5.73 Å². The molecule has 0 unspecified atom stereocenters. The van der Waals surface area contributed by atoms with Gasteiger partial charge in [0, 0.05) is 0 Å². The fourth-order valence-electron chi connectivity index (χ4n) is 0. The van der Waals surface area contributed by atoms with E-state index in [0.29, 0.717) is 0 Å². The molecule has 0 bridgehead atoms. The molecule has 0 aliphatic carbocycles. The van der Waals surface area contributed by atoms with E-state index in [4.69, 9.17) is 0 Å². The van der Waals surface area contributed by atoms with Gasteiger partial charge in [-0.1, -0.05) is 55.4 Å². The van der Waals surface area contributed by atoms with Gasteiger partial charge in [-0.2, -0.15) is 0 Å². The molecule has 0 aromatic heterocycles. The molecule has 0 saturated heterocycles. The fourth-order valence-corrected chi connectivity index (χ4v) is 0. The minimum absolute atomic E-state index is 0. The van der Waals surface area contributed by atoms with Gasteiger partial charge in [0.1, 0.15) is 0 Å². The molecule has 0 saturated carbocycles. The van der Waals surface area contributed by atoms with E-state index in [1.165, 1.54) is 13.5 Å². The smallest absolute Gasteiger partial charge is 0.0195 e. The average Bonchev–Trinajstić information content (AvgIpc) is 2.01. The summed E-state index contributed by atoms with van der Waals surface area (Å²) in [5.41, 5.74) is 4.50. The third-order valence-electron chi connectivity index (χ3n) is 0. The molecule has 0 rings (SSSR count). The Kier molecular flexibility index (Phi) is 2000. The first-order valence-corrected chi connectivity index (χ1v) is 3.99. The third kappa shape index (κ3) is 241000. The van der Waals surface area contributed by atoms with Crippen LogP contribution in [0.1, 0.15) is 55.4 Å². The monoisotopic (exact) mass is 151 g/mol. The molecule has 0 aromatic carbocycles. The summed E-state index contributed by atoms with van der Waals surface area (Å²) in [5, 5.41) is 0. The molecule has 2 N–H and O–H groups in total. The standard InChI is InChI=1S/C3H8.2C2H6.CH5N.CH4/c1-3-2;3*1-2;/h3H2,1-2H3;2*1-2H3;2H2,1H3;1H4. The summed E-state index contributed by atoms with van der Waals surface area (Å²) in [6.07, 6.45) is 1.25. The fraction of sp³-hybridized carbons (Fsp3) is 1.00. The molecule has 0 amide bonds. The number of hydrogen-bond donors (Lipinski definition) is 1. The highest BCUT2D eigenvalue weighted by molar-refractivity contribution is 3.92. The predicted octanol–water partition coefficient (Wildman–Crippen LogP) is 3.68. The number of nitrogens with two attached hydrogens (primary N) is 1. The minimum Gasteiger partial charge on any atom is -0.333 e. The topological polar surface area (TPSA) is 26.0 Å². The second-order valence-corrected chi connectivity index (χ2v) is 0.707. The van der Waals surface area contributed by atoms with E-state index >= 15 is 0 Å². The lowest BCUT2D eigenvalue weighted by atomic mass is 10.6. The van der Waals surface area contributed by atoms with Gasteiger partial charge in [-0.25, -0.2) is 0 Å². The Balaban J connectivity index is -0.0000000110. The van der Waals surface area contributed by atoms with Gasteiger partial charge in [0.05, 0.1) is 0 Å². The quantitative estimate of drug-likeness (QED) is 0.561. The van der Waals surface area contributed by atoms with Crippen LogP contribution in [0.2, 0.25) is 0 Å². The van der Waals surface area contributed by atoms with E-state index in [0.717, 1.165) is 0 Å². The summed E-state index contributed by atoms with van der Waals surface area (Å²) >= 11 is 0. The lowest BCUT2D eigenvalue weighted by Gasteiger charge is -1.48. The van der Waals surface area contributed by atoms with Gasteiger partial charge in [-0.3, -0.25) is 0 Å². The van der Waals surface area contributed by atoms with Crippen LogP contribution in [0.25, 0.3) is 0 Å². The SMILES string of the molecule is C.CC.CC.CCC.CN. The third-order valence-corrected chi connectivity index (χ3v) is 0. The Hall–Kier alpha value is -0.0400. The van der Waals surface area contributed by atoms with Crippen molar-refractivity contribution in [2.75, 3.05) is 7.05 Å². The Morgan fingerprint density at radius 3 is 0.800 bits per heavy atom. The molecule has 1 heteroatoms. The first-order valence-electron chi connectivity index (χ1n) is 3.99. The van der Waals surface area contributed by atoms with Gasteiger partial charge in [-0.05, 0) is 7.05 Å². The summed E-state index contributed by atoms with van der Waals surface area (Å²) in [5.74, 6) is 0. The van der Waals surface area contributed by atoms with Crippen LogP contribution in [0, 0.1) is 0 Å². The maximum atomic E-state index is 4.50. The molecule has 0 aliphatic rings. The van der Waals surface area contributed by atoms with Crippen molar-refractivity contribution in [2.45, 2.75) is 55.4 Å². The normalized spacial score (nSPS) is 3.60. The van der Waals surface area contributed by atoms with Crippen LogP contribution < -0.4 is 5.73 Å². The maximum Gasteiger partial charge on any atom is -0.0195 e. The molecular weight excluding hydrogens is 122 g/mol. The summed E-state index contributed by atoms with van der Waals surface area (Å²) < 4.78 is 0. The molecule has 0 aliphatic heterocycles. The predicted molar refractivity (Wildman–Crippen MR) is 55.5 cm³/mol. The highest BCUT2D eigenvalue weighted by Gasteiger charge is 1.35. The molecular formula is C9H29N. The van der Waals surface area contributed by atoms with Crippen molar-refractivity contribution in [3.8, 4) is 0 Å². The molecule has 0 radical (unpaired) electrons. The van der Waals surface area contributed by atoms with Gasteiger partial charge < -0.3 is 5.73 Å². The van der Waals surface area contributed by atoms with Gasteiger partial charge in [-0.15, -0.1) is 0 Å². The van der Waals surface area contributed by atoms with Crippen LogP contribution in [0.15, 0.2) is 0 Å². The van der Waals surface area contributed by atoms with Gasteiger partial charge in [0.2, 0.25) is 0 Å². The first-order chi connectivity index (χ1) is 4.41. The van der Waals surface area contributed by atoms with Crippen LogP contribution in [-0.2, 0) is 0 Å². The van der Waals surface area contributed by atoms with E-state index in [-0.39, 0.29) is 7.43 Å². The molecule has 70 valence electrons. The molecule has 0 spiro atoms. The second-order valence-electron chi connectivity index (χ2n) is 0.707. The van der Waals surface area contributed by atoms with Gasteiger partial charge in [0.25, 0.3) is 0 Å². The van der Waals surface area contributed by atoms with E-state index in [1.807, 2.05) is 27.7 Å². The first kappa shape index (κ1) is 32.5. The Morgan fingerprint density at radius 2 is 0.800 bits per heavy atom. The molecule has 0 atom stereocenters. The average molecular weight is 151 g/mol. The minimum atomic E-state index is 0. The van der Waals surface area contributed by atoms with Crippen LogP contribution in [0.4, 0.5) is 0 Å². The van der Waals surface area contributed by atoms with Crippen molar-refractivity contribution in [1.29, 1.82) is 0 Å². The summed E-state index contributed by atoms with van der Waals surface area (Å²) in [4.78, 5) is 0. The van der Waals surface area contributed by atoms with E-state index in [2.05, 4.69) is 19.6 Å². The number of rotatable bonds is 0. The highest BCUT2D eigenvalue weighted by Crippen LogP contribution is 1.56. The molecule has 0 aromatic rings. The lowest BCUT2D eigenvalue weighted by molar-refractivity contribution is 1.09. The highest BCUT2D eigenvalue weighted by atomic mass is 14.4.